The summed E-state index contributed by atoms with van der Waals surface area (Å²) in [7, 11) is -3.29. The lowest BCUT2D eigenvalue weighted by atomic mass is 9.96. The monoisotopic (exact) mass is 380 g/mol. The lowest BCUT2D eigenvalue weighted by molar-refractivity contribution is 0.321. The van der Waals surface area contributed by atoms with Crippen LogP contribution in [0.1, 0.15) is 22.9 Å². The molecule has 27 heavy (non-hydrogen) atoms. The summed E-state index contributed by atoms with van der Waals surface area (Å²) < 4.78 is 31.6. The molecule has 2 atom stereocenters. The normalized spacial score (nSPS) is 23.3. The molecular weight excluding hydrogens is 360 g/mol. The lowest BCUT2D eigenvalue weighted by Gasteiger charge is -2.17. The molecular formula is C21H20N2O3S. The topological polar surface area (TPSA) is 63.4 Å². The van der Waals surface area contributed by atoms with Gasteiger partial charge in [-0.1, -0.05) is 6.07 Å². The number of hydrogen-bond acceptors (Lipinski definition) is 5. The summed E-state index contributed by atoms with van der Waals surface area (Å²) in [4.78, 5) is 7.25. The van der Waals surface area contributed by atoms with Crippen molar-refractivity contribution in [3.63, 3.8) is 0 Å². The molecule has 3 aromatic rings. The highest BCUT2D eigenvalue weighted by molar-refractivity contribution is 7.92. The molecule has 0 N–H and O–H groups in total. The van der Waals surface area contributed by atoms with Gasteiger partial charge in [0, 0.05) is 36.8 Å². The number of furan rings is 1. The van der Waals surface area contributed by atoms with Crippen LogP contribution < -0.4 is 0 Å². The molecule has 2 aliphatic heterocycles. The summed E-state index contributed by atoms with van der Waals surface area (Å²) in [6.07, 6.45) is 1.63. The summed E-state index contributed by atoms with van der Waals surface area (Å²) in [5.41, 5.74) is 3.81. The van der Waals surface area contributed by atoms with Crippen LogP contribution in [0.25, 0.3) is 11.3 Å². The van der Waals surface area contributed by atoms with Gasteiger partial charge in [-0.15, -0.1) is 0 Å². The number of pyridine rings is 1. The largest absolute Gasteiger partial charge is 0.464 e. The molecule has 0 bridgehead atoms. The van der Waals surface area contributed by atoms with E-state index in [2.05, 4.69) is 9.88 Å². The van der Waals surface area contributed by atoms with Crippen LogP contribution in [0.3, 0.4) is 0 Å². The van der Waals surface area contributed by atoms with Gasteiger partial charge in [-0.05, 0) is 55.0 Å². The molecule has 2 aromatic heterocycles. The summed E-state index contributed by atoms with van der Waals surface area (Å²) in [5, 5.41) is -0.371. The van der Waals surface area contributed by atoms with Crippen molar-refractivity contribution in [2.24, 2.45) is 0 Å². The first-order valence-electron chi connectivity index (χ1n) is 9.09. The predicted molar refractivity (Wildman–Crippen MR) is 102 cm³/mol. The van der Waals surface area contributed by atoms with Crippen LogP contribution in [0.2, 0.25) is 0 Å². The molecule has 1 fully saturated rings. The Hall–Kier alpha value is -2.44. The average Bonchev–Trinajstić information content (AvgIpc) is 3.34. The van der Waals surface area contributed by atoms with Gasteiger partial charge >= 0.3 is 0 Å². The van der Waals surface area contributed by atoms with E-state index in [1.54, 1.807) is 12.3 Å². The second-order valence-electron chi connectivity index (χ2n) is 7.38. The van der Waals surface area contributed by atoms with Crippen LogP contribution in [0.4, 0.5) is 0 Å². The van der Waals surface area contributed by atoms with E-state index in [0.717, 1.165) is 34.8 Å². The van der Waals surface area contributed by atoms with Crippen molar-refractivity contribution in [3.05, 3.63) is 71.7 Å². The number of hydrogen-bond donors (Lipinski definition) is 0. The Morgan fingerprint density at radius 1 is 1.15 bits per heavy atom. The van der Waals surface area contributed by atoms with E-state index < -0.39 is 9.84 Å². The highest BCUT2D eigenvalue weighted by Crippen LogP contribution is 2.46. The Labute approximate surface area is 158 Å². The van der Waals surface area contributed by atoms with Crippen LogP contribution in [-0.4, -0.2) is 36.6 Å². The predicted octanol–water partition coefficient (Wildman–Crippen LogP) is 3.41. The molecule has 0 radical (unpaired) electrons. The Bertz CT molecular complexity index is 1110. The van der Waals surface area contributed by atoms with Crippen LogP contribution in [0, 0.1) is 6.92 Å². The van der Waals surface area contributed by atoms with Crippen molar-refractivity contribution >= 4 is 9.84 Å². The number of sulfone groups is 1. The smallest absolute Gasteiger partial charge is 0.183 e. The standard InChI is InChI=1S/C21H20N2O3S/c1-14-4-2-5-16(22-14)11-23-12-18-17-10-15(19-6-3-9-26-19)7-8-20(17)27(24,25)21(18)13-23/h2-10,18,21H,11-13H2,1H3/t18-,21+/m1/s1. The third kappa shape index (κ3) is 2.71. The molecule has 2 aliphatic rings. The third-order valence-electron chi connectivity index (χ3n) is 5.59. The molecule has 5 rings (SSSR count). The molecule has 1 saturated heterocycles. The van der Waals surface area contributed by atoms with Crippen molar-refractivity contribution in [2.45, 2.75) is 29.5 Å². The third-order valence-corrected chi connectivity index (χ3v) is 7.85. The fraction of sp³-hybridized carbons (Fsp3) is 0.286. The zero-order valence-electron chi connectivity index (χ0n) is 15.0. The Morgan fingerprint density at radius 2 is 2.04 bits per heavy atom. The van der Waals surface area contributed by atoms with Gasteiger partial charge in [-0.2, -0.15) is 0 Å². The molecule has 0 unspecified atom stereocenters. The molecule has 1 aromatic carbocycles. The summed E-state index contributed by atoms with van der Waals surface area (Å²) in [6, 6.07) is 15.3. The van der Waals surface area contributed by atoms with Crippen molar-refractivity contribution in [3.8, 4) is 11.3 Å². The average molecular weight is 380 g/mol. The quantitative estimate of drug-likeness (QED) is 0.697. The maximum atomic E-state index is 13.0. The Balaban J connectivity index is 1.47. The fourth-order valence-electron chi connectivity index (χ4n) is 4.37. The summed E-state index contributed by atoms with van der Waals surface area (Å²) in [5.74, 6) is 0.766. The minimum absolute atomic E-state index is 0.00437. The zero-order valence-corrected chi connectivity index (χ0v) is 15.8. The molecule has 0 saturated carbocycles. The molecule has 5 nitrogen and oxygen atoms in total. The molecule has 6 heteroatoms. The number of benzene rings is 1. The van der Waals surface area contributed by atoms with Gasteiger partial charge in [-0.3, -0.25) is 9.88 Å². The molecule has 138 valence electrons. The second kappa shape index (κ2) is 6.04. The summed E-state index contributed by atoms with van der Waals surface area (Å²) in [6.45, 7) is 3.93. The van der Waals surface area contributed by atoms with E-state index in [0.29, 0.717) is 18.0 Å². The number of nitrogens with zero attached hydrogens (tertiary/aromatic N) is 2. The minimum Gasteiger partial charge on any atom is -0.464 e. The van der Waals surface area contributed by atoms with Gasteiger partial charge in [0.05, 0.1) is 22.1 Å². The first-order valence-corrected chi connectivity index (χ1v) is 10.6. The van der Waals surface area contributed by atoms with Crippen LogP contribution in [0.5, 0.6) is 0 Å². The van der Waals surface area contributed by atoms with Gasteiger partial charge in [-0.25, -0.2) is 8.42 Å². The van der Waals surface area contributed by atoms with Gasteiger partial charge in [0.1, 0.15) is 5.76 Å². The van der Waals surface area contributed by atoms with E-state index in [9.17, 15) is 8.42 Å². The molecule has 0 aliphatic carbocycles. The van der Waals surface area contributed by atoms with E-state index in [1.807, 2.05) is 49.4 Å². The van der Waals surface area contributed by atoms with E-state index in [-0.39, 0.29) is 11.2 Å². The van der Waals surface area contributed by atoms with Gasteiger partial charge in [0.2, 0.25) is 0 Å². The highest BCUT2D eigenvalue weighted by Gasteiger charge is 2.50. The first kappa shape index (κ1) is 16.7. The highest BCUT2D eigenvalue weighted by atomic mass is 32.2. The lowest BCUT2D eigenvalue weighted by Crippen LogP contribution is -2.26. The van der Waals surface area contributed by atoms with Crippen molar-refractivity contribution in [1.29, 1.82) is 0 Å². The van der Waals surface area contributed by atoms with Crippen molar-refractivity contribution in [1.82, 2.24) is 9.88 Å². The maximum absolute atomic E-state index is 13.0. The van der Waals surface area contributed by atoms with E-state index in [1.165, 1.54) is 0 Å². The molecule has 0 amide bonds. The van der Waals surface area contributed by atoms with Gasteiger partial charge < -0.3 is 4.42 Å². The minimum atomic E-state index is -3.29. The summed E-state index contributed by atoms with van der Waals surface area (Å²) >= 11 is 0. The van der Waals surface area contributed by atoms with Crippen molar-refractivity contribution in [2.75, 3.05) is 13.1 Å². The number of likely N-dealkylation sites (tertiary alicyclic amines) is 1. The fourth-order valence-corrected chi connectivity index (χ4v) is 6.56. The second-order valence-corrected chi connectivity index (χ2v) is 9.52. The number of aryl methyl sites for hydroxylation is 1. The molecule has 0 spiro atoms. The van der Waals surface area contributed by atoms with Gasteiger partial charge in [0.15, 0.2) is 9.84 Å². The Morgan fingerprint density at radius 3 is 2.81 bits per heavy atom. The Kier molecular flexibility index (Phi) is 3.74. The zero-order chi connectivity index (χ0) is 18.6. The molecule has 4 heterocycles. The van der Waals surface area contributed by atoms with Crippen LogP contribution in [0.15, 0.2) is 64.1 Å². The van der Waals surface area contributed by atoms with Crippen molar-refractivity contribution < 1.29 is 12.8 Å². The number of rotatable bonds is 3. The maximum Gasteiger partial charge on any atom is 0.183 e. The van der Waals surface area contributed by atoms with Gasteiger partial charge in [0.25, 0.3) is 0 Å². The number of fused-ring (bicyclic) bond motifs is 3. The van der Waals surface area contributed by atoms with E-state index >= 15 is 0 Å². The van der Waals surface area contributed by atoms with E-state index in [4.69, 9.17) is 4.42 Å². The van der Waals surface area contributed by atoms with Crippen LogP contribution in [-0.2, 0) is 16.4 Å². The first-order chi connectivity index (χ1) is 13.0. The van der Waals surface area contributed by atoms with Crippen LogP contribution >= 0.6 is 0 Å². The number of aromatic nitrogens is 1. The SMILES string of the molecule is Cc1cccc(CN2C[C@@H]3c4cc(-c5ccco5)ccc4S(=O)(=O)[C@H]3C2)n1.